The number of benzene rings is 3. The highest BCUT2D eigenvalue weighted by Crippen LogP contribution is 2.24. The zero-order chi connectivity index (χ0) is 24.7. The minimum Gasteiger partial charge on any atom is -0.489 e. The molecule has 0 radical (unpaired) electrons. The predicted molar refractivity (Wildman–Crippen MR) is 141 cm³/mol. The average Bonchev–Trinajstić information content (AvgIpc) is 3.38. The van der Waals surface area contributed by atoms with Crippen LogP contribution < -0.4 is 10.1 Å². The molecule has 8 heteroatoms. The molecule has 0 unspecified atom stereocenters. The van der Waals surface area contributed by atoms with Crippen molar-refractivity contribution in [3.8, 4) is 17.1 Å². The molecule has 0 atom stereocenters. The molecule has 7 nitrogen and oxygen atoms in total. The average molecular weight is 547 g/mol. The molecule has 5 rings (SSSR count). The van der Waals surface area contributed by atoms with Gasteiger partial charge >= 0.3 is 0 Å². The van der Waals surface area contributed by atoms with Crippen LogP contribution in [0.15, 0.2) is 87.9 Å². The Kier molecular flexibility index (Phi) is 7.73. The van der Waals surface area contributed by atoms with E-state index >= 15 is 0 Å². The van der Waals surface area contributed by atoms with E-state index in [0.29, 0.717) is 24.9 Å². The molecule has 4 aromatic rings. The largest absolute Gasteiger partial charge is 0.489 e. The summed E-state index contributed by atoms with van der Waals surface area (Å²) in [7, 11) is 0. The van der Waals surface area contributed by atoms with Gasteiger partial charge in [-0.15, -0.1) is 0 Å². The Bertz CT molecular complexity index is 1270. The first-order chi connectivity index (χ1) is 17.6. The Morgan fingerprint density at radius 1 is 1.00 bits per heavy atom. The summed E-state index contributed by atoms with van der Waals surface area (Å²) in [5.74, 6) is 1.99. The fourth-order valence-electron chi connectivity index (χ4n) is 4.20. The van der Waals surface area contributed by atoms with Crippen molar-refractivity contribution in [2.45, 2.75) is 26.0 Å². The van der Waals surface area contributed by atoms with Crippen LogP contribution in [-0.2, 0) is 17.9 Å². The van der Waals surface area contributed by atoms with E-state index in [9.17, 15) is 4.79 Å². The Morgan fingerprint density at radius 3 is 2.44 bits per heavy atom. The molecular formula is C28H27BrN4O3. The van der Waals surface area contributed by atoms with Crippen LogP contribution in [-0.4, -0.2) is 34.0 Å². The number of carbonyl (C=O) groups excluding carboxylic acids is 1. The van der Waals surface area contributed by atoms with Crippen LogP contribution in [0.5, 0.6) is 5.75 Å². The quantitative estimate of drug-likeness (QED) is 0.295. The van der Waals surface area contributed by atoms with Gasteiger partial charge in [0.15, 0.2) is 0 Å². The van der Waals surface area contributed by atoms with Gasteiger partial charge in [-0.05, 0) is 80.0 Å². The minimum absolute atomic E-state index is 0.0173. The van der Waals surface area contributed by atoms with E-state index in [1.54, 1.807) is 0 Å². The molecule has 1 amide bonds. The summed E-state index contributed by atoms with van der Waals surface area (Å²) in [4.78, 5) is 19.6. The molecule has 184 valence electrons. The maximum atomic E-state index is 12.8. The van der Waals surface area contributed by atoms with Gasteiger partial charge in [0, 0.05) is 21.6 Å². The molecule has 1 N–H and O–H groups in total. The van der Waals surface area contributed by atoms with Crippen LogP contribution in [0.2, 0.25) is 0 Å². The molecule has 1 aliphatic heterocycles. The molecule has 1 fully saturated rings. The van der Waals surface area contributed by atoms with Crippen LogP contribution in [0.4, 0.5) is 5.69 Å². The highest BCUT2D eigenvalue weighted by Gasteiger charge is 2.26. The topological polar surface area (TPSA) is 80.5 Å². The highest BCUT2D eigenvalue weighted by molar-refractivity contribution is 9.10. The Hall–Kier alpha value is -3.49. The number of aromatic nitrogens is 2. The van der Waals surface area contributed by atoms with Crippen molar-refractivity contribution in [1.82, 2.24) is 15.0 Å². The summed E-state index contributed by atoms with van der Waals surface area (Å²) in [6.07, 6.45) is 1.58. The van der Waals surface area contributed by atoms with Gasteiger partial charge in [0.25, 0.3) is 0 Å². The van der Waals surface area contributed by atoms with E-state index in [0.717, 1.165) is 53.0 Å². The van der Waals surface area contributed by atoms with Gasteiger partial charge in [-0.1, -0.05) is 51.4 Å². The third kappa shape index (κ3) is 6.38. The number of nitrogens with zero attached hydrogens (tertiary/aromatic N) is 3. The fourth-order valence-corrected chi connectivity index (χ4v) is 4.46. The zero-order valence-electron chi connectivity index (χ0n) is 19.8. The van der Waals surface area contributed by atoms with Crippen LogP contribution in [0, 0.1) is 5.92 Å². The van der Waals surface area contributed by atoms with Crippen LogP contribution in [0.3, 0.4) is 0 Å². The van der Waals surface area contributed by atoms with Gasteiger partial charge < -0.3 is 14.6 Å². The van der Waals surface area contributed by atoms with Gasteiger partial charge in [-0.2, -0.15) is 4.98 Å². The maximum absolute atomic E-state index is 12.8. The van der Waals surface area contributed by atoms with Crippen molar-refractivity contribution in [3.63, 3.8) is 0 Å². The van der Waals surface area contributed by atoms with Gasteiger partial charge in [0.2, 0.25) is 17.6 Å². The summed E-state index contributed by atoms with van der Waals surface area (Å²) in [5, 5.41) is 7.15. The number of piperidine rings is 1. The molecular weight excluding hydrogens is 520 g/mol. The first kappa shape index (κ1) is 24.2. The summed E-state index contributed by atoms with van der Waals surface area (Å²) in [6.45, 7) is 2.71. The normalized spacial score (nSPS) is 14.5. The van der Waals surface area contributed by atoms with Crippen molar-refractivity contribution in [2.75, 3.05) is 18.4 Å². The summed E-state index contributed by atoms with van der Waals surface area (Å²) < 4.78 is 12.3. The van der Waals surface area contributed by atoms with Crippen molar-refractivity contribution in [3.05, 3.63) is 94.8 Å². The molecule has 3 aromatic carbocycles. The van der Waals surface area contributed by atoms with E-state index < -0.39 is 0 Å². The Balaban J connectivity index is 1.07. The first-order valence-corrected chi connectivity index (χ1v) is 12.8. The van der Waals surface area contributed by atoms with Crippen LogP contribution >= 0.6 is 15.9 Å². The van der Waals surface area contributed by atoms with Crippen molar-refractivity contribution in [1.29, 1.82) is 0 Å². The third-order valence-corrected chi connectivity index (χ3v) is 6.79. The Labute approximate surface area is 218 Å². The Morgan fingerprint density at radius 2 is 1.72 bits per heavy atom. The van der Waals surface area contributed by atoms with E-state index in [1.165, 1.54) is 0 Å². The molecule has 0 saturated carbocycles. The number of halogens is 1. The van der Waals surface area contributed by atoms with Crippen molar-refractivity contribution < 1.29 is 14.1 Å². The number of hydrogen-bond donors (Lipinski definition) is 1. The summed E-state index contributed by atoms with van der Waals surface area (Å²) in [6, 6.07) is 25.4. The lowest BCUT2D eigenvalue weighted by molar-refractivity contribution is -0.121. The second-order valence-electron chi connectivity index (χ2n) is 8.86. The number of amides is 1. The SMILES string of the molecule is O=C(Nc1ccc(OCc2ccccc2)cc1)C1CCN(Cc2nc(-c3ccc(Br)cc3)no2)CC1. The van der Waals surface area contributed by atoms with E-state index in [2.05, 4.69) is 36.3 Å². The predicted octanol–water partition coefficient (Wildman–Crippen LogP) is 5.93. The zero-order valence-corrected chi connectivity index (χ0v) is 21.4. The number of anilines is 1. The second-order valence-corrected chi connectivity index (χ2v) is 9.77. The van der Waals surface area contributed by atoms with E-state index in [4.69, 9.17) is 9.26 Å². The van der Waals surface area contributed by atoms with Gasteiger partial charge in [-0.25, -0.2) is 0 Å². The molecule has 1 aromatic heterocycles. The lowest BCUT2D eigenvalue weighted by Crippen LogP contribution is -2.37. The molecule has 1 saturated heterocycles. The number of likely N-dealkylation sites (tertiary alicyclic amines) is 1. The van der Waals surface area contributed by atoms with Crippen LogP contribution in [0.25, 0.3) is 11.4 Å². The third-order valence-electron chi connectivity index (χ3n) is 6.26. The van der Waals surface area contributed by atoms with E-state index in [-0.39, 0.29) is 11.8 Å². The molecule has 0 aliphatic carbocycles. The molecule has 2 heterocycles. The van der Waals surface area contributed by atoms with E-state index in [1.807, 2.05) is 78.9 Å². The standard InChI is InChI=1S/C28H27BrN4O3/c29-23-8-6-21(7-9-23)27-31-26(36-32-27)18-33-16-14-22(15-17-33)28(34)30-24-10-12-25(13-11-24)35-19-20-4-2-1-3-5-20/h1-13,22H,14-19H2,(H,30,34). The molecule has 0 spiro atoms. The first-order valence-electron chi connectivity index (χ1n) is 12.0. The number of carbonyl (C=O) groups is 1. The number of hydrogen-bond acceptors (Lipinski definition) is 6. The second kappa shape index (κ2) is 11.5. The summed E-state index contributed by atoms with van der Waals surface area (Å²) >= 11 is 3.43. The lowest BCUT2D eigenvalue weighted by atomic mass is 9.96. The minimum atomic E-state index is -0.0173. The maximum Gasteiger partial charge on any atom is 0.241 e. The van der Waals surface area contributed by atoms with Gasteiger partial charge in [-0.3, -0.25) is 9.69 Å². The van der Waals surface area contributed by atoms with Gasteiger partial charge in [0.1, 0.15) is 12.4 Å². The lowest BCUT2D eigenvalue weighted by Gasteiger charge is -2.30. The van der Waals surface area contributed by atoms with Crippen molar-refractivity contribution >= 4 is 27.5 Å². The number of ether oxygens (including phenoxy) is 1. The molecule has 1 aliphatic rings. The molecule has 36 heavy (non-hydrogen) atoms. The summed E-state index contributed by atoms with van der Waals surface area (Å²) in [5.41, 5.74) is 2.81. The fraction of sp³-hybridized carbons (Fsp3) is 0.250. The smallest absolute Gasteiger partial charge is 0.241 e. The van der Waals surface area contributed by atoms with Crippen LogP contribution in [0.1, 0.15) is 24.3 Å². The van der Waals surface area contributed by atoms with Crippen molar-refractivity contribution in [2.24, 2.45) is 5.92 Å². The number of nitrogens with one attached hydrogen (secondary N) is 1. The highest BCUT2D eigenvalue weighted by atomic mass is 79.9. The van der Waals surface area contributed by atoms with Gasteiger partial charge in [0.05, 0.1) is 6.54 Å². The number of rotatable bonds is 8. The monoisotopic (exact) mass is 546 g/mol. The molecule has 0 bridgehead atoms.